The van der Waals surface area contributed by atoms with Crippen LogP contribution in [0, 0.1) is 11.1 Å². The van der Waals surface area contributed by atoms with Gasteiger partial charge < -0.3 is 20.1 Å². The fourth-order valence-corrected chi connectivity index (χ4v) is 4.32. The molecular formula is C19H22N3O4-. The largest absolute Gasteiger partial charge is 0.733 e. The second-order valence-corrected chi connectivity index (χ2v) is 7.30. The minimum Gasteiger partial charge on any atom is -0.733 e. The van der Waals surface area contributed by atoms with Crippen molar-refractivity contribution in [3.8, 4) is 0 Å². The highest BCUT2D eigenvalue weighted by atomic mass is 16.8. The first-order chi connectivity index (χ1) is 12.5. The van der Waals surface area contributed by atoms with Gasteiger partial charge in [0.15, 0.2) is 0 Å². The monoisotopic (exact) mass is 356 g/mol. The molecule has 2 N–H and O–H groups in total. The average molecular weight is 356 g/mol. The van der Waals surface area contributed by atoms with Gasteiger partial charge >= 0.3 is 0 Å². The van der Waals surface area contributed by atoms with E-state index in [1.165, 1.54) is 12.1 Å². The maximum Gasteiger partial charge on any atom is 0.250 e. The third kappa shape index (κ3) is 3.26. The number of aromatic nitrogens is 1. The number of nitrogens with zero attached hydrogens (tertiary/aromatic N) is 3. The predicted molar refractivity (Wildman–Crippen MR) is 97.0 cm³/mol. The van der Waals surface area contributed by atoms with E-state index in [0.717, 1.165) is 31.7 Å². The number of β-amino-alcohol motifs (C(OH)–C–C–N with tert-alkyl or cyclic N) is 1. The van der Waals surface area contributed by atoms with E-state index in [0.29, 0.717) is 23.9 Å². The van der Waals surface area contributed by atoms with Gasteiger partial charge in [0, 0.05) is 43.9 Å². The summed E-state index contributed by atoms with van der Waals surface area (Å²) in [5.74, 6) is 0.730. The van der Waals surface area contributed by atoms with E-state index in [-0.39, 0.29) is 16.5 Å². The van der Waals surface area contributed by atoms with Crippen molar-refractivity contribution in [2.45, 2.75) is 25.0 Å². The quantitative estimate of drug-likeness (QED) is 0.810. The molecule has 1 fully saturated rings. The molecule has 1 unspecified atom stereocenters. The summed E-state index contributed by atoms with van der Waals surface area (Å²) in [5.41, 5.74) is 2.01. The summed E-state index contributed by atoms with van der Waals surface area (Å²) in [7, 11) is 0. The van der Waals surface area contributed by atoms with Crippen LogP contribution in [0.15, 0.2) is 47.3 Å². The van der Waals surface area contributed by atoms with E-state index >= 15 is 0 Å². The fourth-order valence-electron chi connectivity index (χ4n) is 4.32. The number of hydrogen-bond donors (Lipinski definition) is 2. The van der Waals surface area contributed by atoms with E-state index in [9.17, 15) is 15.1 Å². The first kappa shape index (κ1) is 17.2. The van der Waals surface area contributed by atoms with Crippen LogP contribution in [0.5, 0.6) is 0 Å². The van der Waals surface area contributed by atoms with Crippen molar-refractivity contribution in [1.29, 1.82) is 0 Å². The summed E-state index contributed by atoms with van der Waals surface area (Å²) in [5, 5.41) is 30.1. The van der Waals surface area contributed by atoms with Crippen LogP contribution in [0.2, 0.25) is 0 Å². The molecule has 26 heavy (non-hydrogen) atoms. The minimum atomic E-state index is -0.667. The number of fused-ring (bicyclic) bond motifs is 4. The third-order valence-electron chi connectivity index (χ3n) is 5.49. The van der Waals surface area contributed by atoms with Crippen LogP contribution in [-0.4, -0.2) is 39.4 Å². The molecule has 0 spiro atoms. The Labute approximate surface area is 151 Å². The van der Waals surface area contributed by atoms with Gasteiger partial charge in [0.05, 0.1) is 11.8 Å². The highest BCUT2D eigenvalue weighted by molar-refractivity contribution is 5.45. The third-order valence-corrected chi connectivity index (χ3v) is 5.49. The number of hydrogen-bond acceptors (Lipinski definition) is 6. The van der Waals surface area contributed by atoms with Gasteiger partial charge in [-0.25, -0.2) is 0 Å². The Morgan fingerprint density at radius 2 is 1.92 bits per heavy atom. The molecule has 4 rings (SSSR count). The molecule has 0 amide bonds. The topological polar surface area (TPSA) is 92.0 Å². The zero-order valence-corrected chi connectivity index (χ0v) is 14.4. The maximum atomic E-state index is 12.1. The lowest BCUT2D eigenvalue weighted by molar-refractivity contribution is 0.0621. The maximum absolute atomic E-state index is 12.1. The van der Waals surface area contributed by atoms with E-state index in [2.05, 4.69) is 4.90 Å². The molecule has 2 aliphatic heterocycles. The lowest BCUT2D eigenvalue weighted by atomic mass is 9.83. The molecular weight excluding hydrogens is 334 g/mol. The zero-order chi connectivity index (χ0) is 18.3. The minimum absolute atomic E-state index is 0.0714. The number of rotatable bonds is 4. The molecule has 3 heterocycles. The van der Waals surface area contributed by atoms with Gasteiger partial charge in [-0.2, -0.15) is 0 Å². The number of aliphatic hydroxyl groups excluding tert-OH is 1. The second-order valence-electron chi connectivity index (χ2n) is 7.30. The SMILES string of the molecule is O=c1cccc2n1C[C@@H]1C[C@@H]2CN(CC(O)c2ccc(N([O-])O)cc2)C1. The first-order valence-electron chi connectivity index (χ1n) is 8.87. The zero-order valence-electron chi connectivity index (χ0n) is 14.4. The summed E-state index contributed by atoms with van der Waals surface area (Å²) in [6, 6.07) is 11.7. The molecule has 0 radical (unpaired) electrons. The predicted octanol–water partition coefficient (Wildman–Crippen LogP) is 1.69. The molecule has 2 aromatic rings. The molecule has 7 nitrogen and oxygen atoms in total. The Morgan fingerprint density at radius 3 is 2.65 bits per heavy atom. The van der Waals surface area contributed by atoms with Crippen LogP contribution in [0.3, 0.4) is 0 Å². The highest BCUT2D eigenvalue weighted by Crippen LogP contribution is 2.35. The van der Waals surface area contributed by atoms with Gasteiger partial charge in [0.2, 0.25) is 0 Å². The normalized spacial score (nSPS) is 23.3. The van der Waals surface area contributed by atoms with E-state index < -0.39 is 6.10 Å². The molecule has 138 valence electrons. The van der Waals surface area contributed by atoms with Gasteiger partial charge in [-0.1, -0.05) is 18.2 Å². The van der Waals surface area contributed by atoms with Crippen LogP contribution in [0.4, 0.5) is 5.69 Å². The first-order valence-corrected chi connectivity index (χ1v) is 8.87. The van der Waals surface area contributed by atoms with Crippen LogP contribution in [-0.2, 0) is 6.54 Å². The van der Waals surface area contributed by atoms with Crippen molar-refractivity contribution in [1.82, 2.24) is 9.47 Å². The lowest BCUT2D eigenvalue weighted by Gasteiger charge is -2.43. The Hall–Kier alpha value is -2.19. The average Bonchev–Trinajstić information content (AvgIpc) is 2.62. The number of pyridine rings is 1. The van der Waals surface area contributed by atoms with Gasteiger partial charge in [-0.05, 0) is 36.1 Å². The number of benzene rings is 1. The molecule has 0 aliphatic carbocycles. The summed E-state index contributed by atoms with van der Waals surface area (Å²) in [4.78, 5) is 14.3. The van der Waals surface area contributed by atoms with Gasteiger partial charge in [-0.3, -0.25) is 14.9 Å². The second kappa shape index (κ2) is 6.85. The molecule has 1 saturated heterocycles. The number of likely N-dealkylation sites (tertiary alicyclic amines) is 1. The number of aliphatic hydroxyl groups is 1. The molecule has 0 saturated carbocycles. The number of piperidine rings is 1. The molecule has 3 atom stereocenters. The Kier molecular flexibility index (Phi) is 4.54. The standard InChI is InChI=1S/C19H22N3O4/c23-18(14-4-6-16(7-5-14)22(25)26)12-20-9-13-8-15(11-20)17-2-1-3-19(24)21(17)10-13/h1-7,13,15,18,23,25H,8-12H2/q-1/t13-,15-,18?/m1/s1. The van der Waals surface area contributed by atoms with Crippen molar-refractivity contribution in [2.24, 2.45) is 5.92 Å². The fraction of sp³-hybridized carbons (Fsp3) is 0.421. The summed E-state index contributed by atoms with van der Waals surface area (Å²) >= 11 is 0. The van der Waals surface area contributed by atoms with Crippen LogP contribution in [0.25, 0.3) is 0 Å². The number of anilines is 1. The van der Waals surface area contributed by atoms with Crippen molar-refractivity contribution in [2.75, 3.05) is 24.9 Å². The van der Waals surface area contributed by atoms with Crippen LogP contribution in [0.1, 0.15) is 29.7 Å². The van der Waals surface area contributed by atoms with E-state index in [4.69, 9.17) is 5.21 Å². The summed E-state index contributed by atoms with van der Waals surface area (Å²) in [6.07, 6.45) is 0.417. The molecule has 2 bridgehead atoms. The molecule has 2 aliphatic rings. The molecule has 1 aromatic carbocycles. The Morgan fingerprint density at radius 1 is 1.15 bits per heavy atom. The summed E-state index contributed by atoms with van der Waals surface area (Å²) in [6.45, 7) is 2.92. The van der Waals surface area contributed by atoms with E-state index in [1.807, 2.05) is 16.7 Å². The summed E-state index contributed by atoms with van der Waals surface area (Å²) < 4.78 is 1.90. The molecule has 1 aromatic heterocycles. The lowest BCUT2D eigenvalue weighted by Crippen LogP contribution is -2.48. The van der Waals surface area contributed by atoms with Crippen molar-refractivity contribution in [3.63, 3.8) is 0 Å². The van der Waals surface area contributed by atoms with Crippen molar-refractivity contribution < 1.29 is 10.3 Å². The van der Waals surface area contributed by atoms with Gasteiger partial charge in [0.25, 0.3) is 5.56 Å². The highest BCUT2D eigenvalue weighted by Gasteiger charge is 2.34. The van der Waals surface area contributed by atoms with Gasteiger partial charge in [0.1, 0.15) is 0 Å². The Balaban J connectivity index is 1.46. The van der Waals surface area contributed by atoms with Crippen LogP contribution < -0.4 is 10.8 Å². The van der Waals surface area contributed by atoms with Gasteiger partial charge in [-0.15, -0.1) is 0 Å². The van der Waals surface area contributed by atoms with Crippen molar-refractivity contribution >= 4 is 5.69 Å². The smallest absolute Gasteiger partial charge is 0.250 e. The van der Waals surface area contributed by atoms with E-state index in [1.54, 1.807) is 18.2 Å². The van der Waals surface area contributed by atoms with Crippen LogP contribution >= 0.6 is 0 Å². The van der Waals surface area contributed by atoms with Crippen molar-refractivity contribution in [3.05, 3.63) is 69.3 Å². The molecule has 7 heteroatoms. The Bertz CT molecular complexity index is 833.